The number of carbonyl (C=O) groups is 2. The molecule has 2 amide bonds. The molecule has 7 heteroatoms. The van der Waals surface area contributed by atoms with E-state index in [1.54, 1.807) is 36.2 Å². The van der Waals surface area contributed by atoms with Gasteiger partial charge in [-0.25, -0.2) is 14.3 Å². The van der Waals surface area contributed by atoms with Crippen LogP contribution < -0.4 is 5.32 Å². The molecule has 2 aromatic carbocycles. The van der Waals surface area contributed by atoms with Gasteiger partial charge in [-0.2, -0.15) is 5.10 Å². The van der Waals surface area contributed by atoms with Gasteiger partial charge in [0.15, 0.2) is 0 Å². The third kappa shape index (κ3) is 4.29. The Kier molecular flexibility index (Phi) is 5.97. The Labute approximate surface area is 169 Å². The number of anilines is 1. The van der Waals surface area contributed by atoms with Crippen molar-refractivity contribution >= 4 is 17.7 Å². The van der Waals surface area contributed by atoms with Crippen molar-refractivity contribution in [1.29, 1.82) is 0 Å². The van der Waals surface area contributed by atoms with Gasteiger partial charge in [0.2, 0.25) is 0 Å². The molecule has 0 radical (unpaired) electrons. The van der Waals surface area contributed by atoms with Crippen LogP contribution in [-0.2, 0) is 11.3 Å². The van der Waals surface area contributed by atoms with Crippen LogP contribution in [0.1, 0.15) is 27.3 Å². The van der Waals surface area contributed by atoms with E-state index in [1.165, 1.54) is 7.11 Å². The number of para-hydroxylation sites is 2. The summed E-state index contributed by atoms with van der Waals surface area (Å²) in [6.45, 7) is 4.30. The van der Waals surface area contributed by atoms with Crippen LogP contribution in [0.4, 0.5) is 10.5 Å². The lowest BCUT2D eigenvalue weighted by atomic mass is 10.1. The highest BCUT2D eigenvalue weighted by Gasteiger charge is 2.19. The fourth-order valence-electron chi connectivity index (χ4n) is 3.12. The van der Waals surface area contributed by atoms with Crippen LogP contribution in [0.15, 0.2) is 54.6 Å². The number of esters is 1. The zero-order chi connectivity index (χ0) is 21.0. The average molecular weight is 392 g/mol. The summed E-state index contributed by atoms with van der Waals surface area (Å²) >= 11 is 0. The molecular formula is C22H24N4O3. The van der Waals surface area contributed by atoms with Gasteiger partial charge in [0, 0.05) is 18.3 Å². The molecule has 3 aromatic rings. The Morgan fingerprint density at radius 2 is 1.72 bits per heavy atom. The van der Waals surface area contributed by atoms with Crippen LogP contribution in [-0.4, -0.2) is 40.8 Å². The molecular weight excluding hydrogens is 368 g/mol. The SMILES string of the molecule is COC(=O)c1ccccc1NC(=O)N(C)Cc1c(C)nn(-c2ccccc2)c1C. The molecule has 0 aliphatic rings. The molecule has 0 fully saturated rings. The van der Waals surface area contributed by atoms with Gasteiger partial charge >= 0.3 is 12.0 Å². The summed E-state index contributed by atoms with van der Waals surface area (Å²) in [6.07, 6.45) is 0. The number of nitrogens with zero attached hydrogens (tertiary/aromatic N) is 3. The molecule has 0 saturated heterocycles. The lowest BCUT2D eigenvalue weighted by Crippen LogP contribution is -2.31. The Morgan fingerprint density at radius 3 is 2.41 bits per heavy atom. The van der Waals surface area contributed by atoms with Crippen LogP contribution >= 0.6 is 0 Å². The molecule has 1 N–H and O–H groups in total. The van der Waals surface area contributed by atoms with E-state index in [0.717, 1.165) is 22.6 Å². The molecule has 0 atom stereocenters. The minimum Gasteiger partial charge on any atom is -0.465 e. The molecule has 0 bridgehead atoms. The first-order valence-electron chi connectivity index (χ1n) is 9.22. The number of hydrogen-bond acceptors (Lipinski definition) is 4. The summed E-state index contributed by atoms with van der Waals surface area (Å²) in [6, 6.07) is 16.3. The van der Waals surface area contributed by atoms with E-state index < -0.39 is 5.97 Å². The van der Waals surface area contributed by atoms with Crippen molar-refractivity contribution in [1.82, 2.24) is 14.7 Å². The largest absolute Gasteiger partial charge is 0.465 e. The third-order valence-corrected chi connectivity index (χ3v) is 4.76. The van der Waals surface area contributed by atoms with Gasteiger partial charge in [0.05, 0.1) is 36.3 Å². The fraction of sp³-hybridized carbons (Fsp3) is 0.227. The smallest absolute Gasteiger partial charge is 0.339 e. The van der Waals surface area contributed by atoms with E-state index in [4.69, 9.17) is 4.74 Å². The van der Waals surface area contributed by atoms with Gasteiger partial charge in [0.25, 0.3) is 0 Å². The third-order valence-electron chi connectivity index (χ3n) is 4.76. The Bertz CT molecular complexity index is 1030. The lowest BCUT2D eigenvalue weighted by molar-refractivity contribution is 0.0602. The molecule has 150 valence electrons. The molecule has 0 unspecified atom stereocenters. The van der Waals surface area contributed by atoms with Crippen LogP contribution in [0.25, 0.3) is 5.69 Å². The first-order chi connectivity index (χ1) is 13.9. The predicted octanol–water partition coefficient (Wildman–Crippen LogP) is 3.94. The highest BCUT2D eigenvalue weighted by molar-refractivity contribution is 6.00. The second-order valence-corrected chi connectivity index (χ2v) is 6.72. The van der Waals surface area contributed by atoms with E-state index in [1.807, 2.05) is 48.9 Å². The number of rotatable bonds is 5. The second kappa shape index (κ2) is 8.60. The number of nitrogens with one attached hydrogen (secondary N) is 1. The zero-order valence-electron chi connectivity index (χ0n) is 17.0. The van der Waals surface area contributed by atoms with Crippen molar-refractivity contribution in [2.45, 2.75) is 20.4 Å². The Hall–Kier alpha value is -3.61. The first-order valence-corrected chi connectivity index (χ1v) is 9.22. The van der Waals surface area contributed by atoms with Gasteiger partial charge in [-0.1, -0.05) is 30.3 Å². The summed E-state index contributed by atoms with van der Waals surface area (Å²) in [5, 5.41) is 7.40. The van der Waals surface area contributed by atoms with Gasteiger partial charge in [-0.15, -0.1) is 0 Å². The van der Waals surface area contributed by atoms with E-state index >= 15 is 0 Å². The summed E-state index contributed by atoms with van der Waals surface area (Å²) in [7, 11) is 3.01. The maximum Gasteiger partial charge on any atom is 0.339 e. The maximum atomic E-state index is 12.7. The number of amides is 2. The number of aromatic nitrogens is 2. The highest BCUT2D eigenvalue weighted by Crippen LogP contribution is 2.20. The highest BCUT2D eigenvalue weighted by atomic mass is 16.5. The van der Waals surface area contributed by atoms with Crippen molar-refractivity contribution in [3.05, 3.63) is 77.1 Å². The number of benzene rings is 2. The van der Waals surface area contributed by atoms with Crippen LogP contribution in [0.5, 0.6) is 0 Å². The minimum absolute atomic E-state index is 0.306. The number of hydrogen-bond donors (Lipinski definition) is 1. The molecule has 7 nitrogen and oxygen atoms in total. The molecule has 29 heavy (non-hydrogen) atoms. The topological polar surface area (TPSA) is 76.5 Å². The van der Waals surface area contributed by atoms with Crippen LogP contribution in [0, 0.1) is 13.8 Å². The number of ether oxygens (including phenoxy) is 1. The second-order valence-electron chi connectivity index (χ2n) is 6.72. The summed E-state index contributed by atoms with van der Waals surface area (Å²) in [4.78, 5) is 26.2. The normalized spacial score (nSPS) is 10.5. The molecule has 3 rings (SSSR count). The Morgan fingerprint density at radius 1 is 1.07 bits per heavy atom. The summed E-state index contributed by atoms with van der Waals surface area (Å²) in [5.41, 5.74) is 4.50. The molecule has 1 aromatic heterocycles. The van der Waals surface area contributed by atoms with E-state index in [-0.39, 0.29) is 6.03 Å². The van der Waals surface area contributed by atoms with Gasteiger partial charge in [0.1, 0.15) is 0 Å². The van der Waals surface area contributed by atoms with Crippen molar-refractivity contribution in [2.75, 3.05) is 19.5 Å². The van der Waals surface area contributed by atoms with Crippen LogP contribution in [0.3, 0.4) is 0 Å². The van der Waals surface area contributed by atoms with Gasteiger partial charge in [-0.3, -0.25) is 0 Å². The lowest BCUT2D eigenvalue weighted by Gasteiger charge is -2.19. The molecule has 0 aliphatic carbocycles. The fourth-order valence-corrected chi connectivity index (χ4v) is 3.12. The summed E-state index contributed by atoms with van der Waals surface area (Å²) in [5.74, 6) is -0.501. The van der Waals surface area contributed by atoms with Crippen molar-refractivity contribution in [3.63, 3.8) is 0 Å². The maximum absolute atomic E-state index is 12.7. The number of methoxy groups -OCH3 is 1. The first kappa shape index (κ1) is 20.1. The minimum atomic E-state index is -0.501. The number of urea groups is 1. The van der Waals surface area contributed by atoms with Crippen LogP contribution in [0.2, 0.25) is 0 Å². The molecule has 1 heterocycles. The molecule has 0 aliphatic heterocycles. The quantitative estimate of drug-likeness (QED) is 0.667. The number of carbonyl (C=O) groups excluding carboxylic acids is 2. The standard InChI is InChI=1S/C22H24N4O3/c1-15-19(16(2)26(24-15)17-10-6-5-7-11-17)14-25(3)22(28)23-20-13-9-8-12-18(20)21(27)29-4/h5-13H,14H2,1-4H3,(H,23,28). The summed E-state index contributed by atoms with van der Waals surface area (Å²) < 4.78 is 6.65. The van der Waals surface area contributed by atoms with Gasteiger partial charge < -0.3 is 15.0 Å². The molecule has 0 spiro atoms. The Balaban J connectivity index is 1.78. The average Bonchev–Trinajstić information content (AvgIpc) is 3.02. The van der Waals surface area contributed by atoms with Crippen molar-refractivity contribution < 1.29 is 14.3 Å². The van der Waals surface area contributed by atoms with E-state index in [2.05, 4.69) is 10.4 Å². The number of aryl methyl sites for hydroxylation is 1. The zero-order valence-corrected chi connectivity index (χ0v) is 17.0. The van der Waals surface area contributed by atoms with Crippen molar-refractivity contribution in [2.24, 2.45) is 0 Å². The van der Waals surface area contributed by atoms with Gasteiger partial charge in [-0.05, 0) is 38.1 Å². The monoisotopic (exact) mass is 392 g/mol. The molecule has 0 saturated carbocycles. The predicted molar refractivity (Wildman–Crippen MR) is 111 cm³/mol. The van der Waals surface area contributed by atoms with E-state index in [9.17, 15) is 9.59 Å². The van der Waals surface area contributed by atoms with Crippen molar-refractivity contribution in [3.8, 4) is 5.69 Å². The van der Waals surface area contributed by atoms with E-state index in [0.29, 0.717) is 17.8 Å².